The summed E-state index contributed by atoms with van der Waals surface area (Å²) in [7, 11) is 0. The molecule has 0 atom stereocenters. The Balaban J connectivity index is 2.01. The van der Waals surface area contributed by atoms with Crippen LogP contribution < -0.4 is 0 Å². The van der Waals surface area contributed by atoms with Crippen LogP contribution in [0.2, 0.25) is 0 Å². The summed E-state index contributed by atoms with van der Waals surface area (Å²) in [4.78, 5) is 0. The molecule has 0 spiro atoms. The number of rotatable bonds is 4. The third-order valence-corrected chi connectivity index (χ3v) is 3.26. The van der Waals surface area contributed by atoms with Crippen LogP contribution in [0.15, 0.2) is 24.3 Å². The second kappa shape index (κ2) is 5.96. The van der Waals surface area contributed by atoms with E-state index in [9.17, 15) is 10.2 Å². The first kappa shape index (κ1) is 14.4. The molecule has 106 valence electrons. The largest absolute Gasteiger partial charge is 0.396 e. The maximum absolute atomic E-state index is 9.22. The fraction of sp³-hybridized carbons (Fsp3) is 0.538. The van der Waals surface area contributed by atoms with Crippen molar-refractivity contribution in [3.8, 4) is 0 Å². The molecule has 1 saturated heterocycles. The predicted molar refractivity (Wildman–Crippen MR) is 64.9 cm³/mol. The summed E-state index contributed by atoms with van der Waals surface area (Å²) in [5, 5.41) is 36.4. The third kappa shape index (κ3) is 3.11. The van der Waals surface area contributed by atoms with Crippen LogP contribution in [0, 0.1) is 5.41 Å². The zero-order valence-electron chi connectivity index (χ0n) is 10.4. The molecule has 0 saturated carbocycles. The molecule has 1 aromatic rings. The summed E-state index contributed by atoms with van der Waals surface area (Å²) in [6.07, 6.45) is -2.07. The molecule has 1 aliphatic rings. The van der Waals surface area contributed by atoms with E-state index in [-0.39, 0.29) is 26.4 Å². The Morgan fingerprint density at radius 3 is 2.00 bits per heavy atom. The average molecular weight is 270 g/mol. The molecule has 0 amide bonds. The fourth-order valence-corrected chi connectivity index (χ4v) is 1.85. The van der Waals surface area contributed by atoms with Crippen molar-refractivity contribution in [1.82, 2.24) is 0 Å². The molecule has 1 fully saturated rings. The highest BCUT2D eigenvalue weighted by atomic mass is 16.7. The van der Waals surface area contributed by atoms with Gasteiger partial charge in [-0.2, -0.15) is 0 Å². The summed E-state index contributed by atoms with van der Waals surface area (Å²) in [5.74, 6) is 0. The number of ether oxygens (including phenoxy) is 2. The molecule has 6 nitrogen and oxygen atoms in total. The minimum atomic E-state index is -1.50. The summed E-state index contributed by atoms with van der Waals surface area (Å²) in [5.41, 5.74) is 0.381. The van der Waals surface area contributed by atoms with Gasteiger partial charge in [-0.15, -0.1) is 0 Å². The molecule has 0 aliphatic carbocycles. The number of benzene rings is 1. The van der Waals surface area contributed by atoms with Gasteiger partial charge in [0, 0.05) is 11.1 Å². The lowest BCUT2D eigenvalue weighted by molar-refractivity contribution is -0.248. The smallest absolute Gasteiger partial charge is 0.183 e. The van der Waals surface area contributed by atoms with Crippen molar-refractivity contribution in [2.75, 3.05) is 26.4 Å². The number of aliphatic hydroxyl groups is 4. The van der Waals surface area contributed by atoms with Crippen molar-refractivity contribution in [3.63, 3.8) is 0 Å². The molecule has 2 rings (SSSR count). The average Bonchev–Trinajstić information content (AvgIpc) is 2.47. The van der Waals surface area contributed by atoms with E-state index in [0.29, 0.717) is 5.56 Å². The highest BCUT2D eigenvalue weighted by Crippen LogP contribution is 2.31. The van der Waals surface area contributed by atoms with Crippen LogP contribution in [0.25, 0.3) is 0 Å². The first-order chi connectivity index (χ1) is 9.10. The van der Waals surface area contributed by atoms with E-state index < -0.39 is 18.0 Å². The van der Waals surface area contributed by atoms with Gasteiger partial charge in [-0.05, 0) is 0 Å². The highest BCUT2D eigenvalue weighted by Gasteiger charge is 2.36. The van der Waals surface area contributed by atoms with Gasteiger partial charge in [-0.3, -0.25) is 0 Å². The van der Waals surface area contributed by atoms with E-state index in [1.807, 2.05) is 0 Å². The maximum atomic E-state index is 9.22. The van der Waals surface area contributed by atoms with E-state index in [1.165, 1.54) is 0 Å². The normalized spacial score (nSPS) is 19.8. The Labute approximate surface area is 110 Å². The van der Waals surface area contributed by atoms with Crippen LogP contribution >= 0.6 is 0 Å². The summed E-state index contributed by atoms with van der Waals surface area (Å²) >= 11 is 0. The zero-order chi connectivity index (χ0) is 13.9. The molecule has 1 heterocycles. The van der Waals surface area contributed by atoms with Crippen molar-refractivity contribution in [1.29, 1.82) is 0 Å². The Kier molecular flexibility index (Phi) is 4.51. The lowest BCUT2D eigenvalue weighted by atomic mass is 9.91. The lowest BCUT2D eigenvalue weighted by Gasteiger charge is -2.37. The number of aliphatic hydroxyl groups excluding tert-OH is 3. The van der Waals surface area contributed by atoms with Crippen LogP contribution in [0.5, 0.6) is 0 Å². The van der Waals surface area contributed by atoms with E-state index in [2.05, 4.69) is 0 Å². The topological polar surface area (TPSA) is 99.4 Å². The molecular formula is C13H18O6. The molecule has 0 bridgehead atoms. The molecule has 0 radical (unpaired) electrons. The molecule has 1 aromatic carbocycles. The fourth-order valence-electron chi connectivity index (χ4n) is 1.85. The van der Waals surface area contributed by atoms with Gasteiger partial charge in [0.1, 0.15) is 0 Å². The van der Waals surface area contributed by atoms with Gasteiger partial charge in [0.15, 0.2) is 12.6 Å². The first-order valence-corrected chi connectivity index (χ1v) is 6.01. The lowest BCUT2D eigenvalue weighted by Crippen LogP contribution is -2.44. The quantitative estimate of drug-likeness (QED) is 0.560. The van der Waals surface area contributed by atoms with Gasteiger partial charge < -0.3 is 29.9 Å². The van der Waals surface area contributed by atoms with E-state index in [0.717, 1.165) is 5.56 Å². The Morgan fingerprint density at radius 2 is 1.58 bits per heavy atom. The van der Waals surface area contributed by atoms with Gasteiger partial charge >= 0.3 is 0 Å². The van der Waals surface area contributed by atoms with Crippen molar-refractivity contribution in [2.45, 2.75) is 12.6 Å². The van der Waals surface area contributed by atoms with Gasteiger partial charge in [0.25, 0.3) is 0 Å². The van der Waals surface area contributed by atoms with Gasteiger partial charge in [-0.25, -0.2) is 0 Å². The minimum Gasteiger partial charge on any atom is -0.396 e. The van der Waals surface area contributed by atoms with Crippen LogP contribution in [-0.4, -0.2) is 46.9 Å². The predicted octanol–water partition coefficient (Wildman–Crippen LogP) is -0.314. The van der Waals surface area contributed by atoms with Crippen LogP contribution in [0.1, 0.15) is 23.7 Å². The van der Waals surface area contributed by atoms with E-state index in [4.69, 9.17) is 19.7 Å². The zero-order valence-corrected chi connectivity index (χ0v) is 10.4. The van der Waals surface area contributed by atoms with E-state index in [1.54, 1.807) is 24.3 Å². The molecule has 4 N–H and O–H groups in total. The van der Waals surface area contributed by atoms with Gasteiger partial charge in [-0.1, -0.05) is 24.3 Å². The molecule has 0 unspecified atom stereocenters. The minimum absolute atomic E-state index is 0.203. The van der Waals surface area contributed by atoms with Crippen molar-refractivity contribution < 1.29 is 29.9 Å². The molecule has 6 heteroatoms. The van der Waals surface area contributed by atoms with Crippen molar-refractivity contribution in [2.24, 2.45) is 5.41 Å². The second-order valence-electron chi connectivity index (χ2n) is 4.81. The standard InChI is InChI=1S/C13H18O6/c14-5-13(6-15)7-18-12(19-8-13)10-3-1-9(2-4-10)11(16)17/h1-4,11-12,14-17H,5-8H2. The highest BCUT2D eigenvalue weighted by molar-refractivity contribution is 5.24. The second-order valence-corrected chi connectivity index (χ2v) is 4.81. The van der Waals surface area contributed by atoms with Crippen molar-refractivity contribution >= 4 is 0 Å². The number of hydrogen-bond donors (Lipinski definition) is 4. The summed E-state index contributed by atoms with van der Waals surface area (Å²) in [6, 6.07) is 6.52. The van der Waals surface area contributed by atoms with Gasteiger partial charge in [0.05, 0.1) is 31.8 Å². The Hall–Kier alpha value is -1.02. The summed E-state index contributed by atoms with van der Waals surface area (Å²) < 4.78 is 11.0. The van der Waals surface area contributed by atoms with Crippen molar-refractivity contribution in [3.05, 3.63) is 35.4 Å². The summed E-state index contributed by atoms with van der Waals surface area (Å²) in [6.45, 7) is 0.00180. The number of hydrogen-bond acceptors (Lipinski definition) is 6. The molecule has 1 aliphatic heterocycles. The SMILES string of the molecule is OCC1(CO)COC(c2ccc(C(O)O)cc2)OC1. The van der Waals surface area contributed by atoms with E-state index >= 15 is 0 Å². The van der Waals surface area contributed by atoms with Gasteiger partial charge in [0.2, 0.25) is 0 Å². The van der Waals surface area contributed by atoms with Crippen LogP contribution in [-0.2, 0) is 9.47 Å². The van der Waals surface area contributed by atoms with Crippen LogP contribution in [0.3, 0.4) is 0 Å². The first-order valence-electron chi connectivity index (χ1n) is 6.01. The molecular weight excluding hydrogens is 252 g/mol. The Morgan fingerprint density at radius 1 is 1.05 bits per heavy atom. The maximum Gasteiger partial charge on any atom is 0.183 e. The monoisotopic (exact) mass is 270 g/mol. The van der Waals surface area contributed by atoms with Crippen LogP contribution in [0.4, 0.5) is 0 Å². The Bertz CT molecular complexity index is 388. The third-order valence-electron chi connectivity index (χ3n) is 3.26. The molecule has 0 aromatic heterocycles. The molecule has 19 heavy (non-hydrogen) atoms.